The number of thioether (sulfide) groups is 1. The first-order valence-corrected chi connectivity index (χ1v) is 13.5. The van der Waals surface area contributed by atoms with Crippen LogP contribution in [0.25, 0.3) is 10.9 Å². The monoisotopic (exact) mass is 554 g/mol. The maximum Gasteiger partial charge on any atom is 0.194 e. The number of hydrogen-bond acceptors (Lipinski definition) is 6. The van der Waals surface area contributed by atoms with Crippen molar-refractivity contribution in [3.05, 3.63) is 64.6 Å². The lowest BCUT2D eigenvalue weighted by molar-refractivity contribution is 0.0254. The zero-order valence-electron chi connectivity index (χ0n) is 20.5. The van der Waals surface area contributed by atoms with E-state index in [0.717, 1.165) is 43.5 Å². The van der Waals surface area contributed by atoms with Crippen LogP contribution in [-0.4, -0.2) is 59.2 Å². The first-order chi connectivity index (χ1) is 17.7. The van der Waals surface area contributed by atoms with E-state index in [1.807, 2.05) is 18.2 Å². The lowest BCUT2D eigenvalue weighted by Crippen LogP contribution is -2.43. The Balaban J connectivity index is 1.32. The molecule has 2 aromatic carbocycles. The number of rotatable bonds is 10. The Morgan fingerprint density at radius 1 is 1.16 bits per heavy atom. The van der Waals surface area contributed by atoms with Gasteiger partial charge in [-0.25, -0.2) is 13.2 Å². The summed E-state index contributed by atoms with van der Waals surface area (Å²) in [5.41, 5.74) is 1.02. The predicted octanol–water partition coefficient (Wildman–Crippen LogP) is 5.99. The topological polar surface area (TPSA) is 65.8 Å². The van der Waals surface area contributed by atoms with E-state index in [4.69, 9.17) is 16.3 Å². The maximum atomic E-state index is 13.4. The van der Waals surface area contributed by atoms with Gasteiger partial charge < -0.3 is 19.8 Å². The molecule has 0 bridgehead atoms. The number of methoxy groups -OCH3 is 1. The summed E-state index contributed by atoms with van der Waals surface area (Å²) in [6, 6.07) is 7.47. The third-order valence-corrected chi connectivity index (χ3v) is 8.49. The van der Waals surface area contributed by atoms with Crippen LogP contribution in [0.4, 0.5) is 13.2 Å². The minimum absolute atomic E-state index is 0.0229. The normalized spacial score (nSPS) is 16.7. The molecular weight excluding hydrogens is 525 g/mol. The van der Waals surface area contributed by atoms with E-state index in [2.05, 4.69) is 9.88 Å². The number of halogens is 4. The summed E-state index contributed by atoms with van der Waals surface area (Å²) in [6.07, 6.45) is 3.32. The Hall–Kier alpha value is -2.04. The van der Waals surface area contributed by atoms with E-state index < -0.39 is 23.6 Å². The number of aliphatic hydroxyl groups excluding tert-OH is 2. The van der Waals surface area contributed by atoms with Crippen LogP contribution in [0.2, 0.25) is 5.02 Å². The fourth-order valence-corrected chi connectivity index (χ4v) is 6.10. The number of benzene rings is 2. The van der Waals surface area contributed by atoms with Gasteiger partial charge in [-0.2, -0.15) is 0 Å². The summed E-state index contributed by atoms with van der Waals surface area (Å²) in [5, 5.41) is 22.5. The molecule has 1 aliphatic heterocycles. The molecule has 4 rings (SSSR count). The lowest BCUT2D eigenvalue weighted by atomic mass is 9.74. The van der Waals surface area contributed by atoms with Gasteiger partial charge in [0.1, 0.15) is 5.75 Å². The van der Waals surface area contributed by atoms with Crippen molar-refractivity contribution in [2.75, 3.05) is 39.1 Å². The largest absolute Gasteiger partial charge is 0.497 e. The summed E-state index contributed by atoms with van der Waals surface area (Å²) >= 11 is 7.72. The number of ether oxygens (including phenoxy) is 1. The molecule has 2 heterocycles. The number of aliphatic hydroxyl groups is 2. The number of fused-ring (bicyclic) bond motifs is 1. The van der Waals surface area contributed by atoms with Crippen LogP contribution >= 0.6 is 23.4 Å². The number of pyridine rings is 1. The Kier molecular flexibility index (Phi) is 9.24. The van der Waals surface area contributed by atoms with Gasteiger partial charge in [-0.05, 0) is 74.5 Å². The number of hydrogen-bond donors (Lipinski definition) is 2. The van der Waals surface area contributed by atoms with Crippen molar-refractivity contribution >= 4 is 34.3 Å². The van der Waals surface area contributed by atoms with Crippen LogP contribution in [0.5, 0.6) is 5.75 Å². The molecule has 10 heteroatoms. The van der Waals surface area contributed by atoms with E-state index in [9.17, 15) is 23.4 Å². The van der Waals surface area contributed by atoms with Crippen molar-refractivity contribution in [1.82, 2.24) is 9.88 Å². The van der Waals surface area contributed by atoms with E-state index in [1.54, 1.807) is 13.3 Å². The highest BCUT2D eigenvalue weighted by atomic mass is 35.5. The quantitative estimate of drug-likeness (QED) is 0.237. The van der Waals surface area contributed by atoms with E-state index in [0.29, 0.717) is 51.9 Å². The second-order valence-corrected chi connectivity index (χ2v) is 11.1. The highest BCUT2D eigenvalue weighted by molar-refractivity contribution is 7.99. The van der Waals surface area contributed by atoms with Crippen LogP contribution in [0.1, 0.15) is 37.4 Å². The molecule has 1 unspecified atom stereocenters. The van der Waals surface area contributed by atoms with Crippen LogP contribution in [0, 0.1) is 22.9 Å². The van der Waals surface area contributed by atoms with Gasteiger partial charge in [0.05, 0.1) is 23.8 Å². The molecule has 200 valence electrons. The summed E-state index contributed by atoms with van der Waals surface area (Å²) in [5.74, 6) is -2.57. The minimum atomic E-state index is -1.45. The molecule has 1 aromatic heterocycles. The highest BCUT2D eigenvalue weighted by Crippen LogP contribution is 2.40. The van der Waals surface area contributed by atoms with Gasteiger partial charge in [-0.15, -0.1) is 11.8 Å². The summed E-state index contributed by atoms with van der Waals surface area (Å²) < 4.78 is 45.3. The average molecular weight is 555 g/mol. The molecule has 5 nitrogen and oxygen atoms in total. The van der Waals surface area contributed by atoms with Gasteiger partial charge >= 0.3 is 0 Å². The summed E-state index contributed by atoms with van der Waals surface area (Å²) in [6.45, 7) is 2.25. The van der Waals surface area contributed by atoms with Crippen LogP contribution in [0.3, 0.4) is 0 Å². The van der Waals surface area contributed by atoms with Crippen molar-refractivity contribution in [1.29, 1.82) is 0 Å². The van der Waals surface area contributed by atoms with Crippen molar-refractivity contribution in [2.24, 2.45) is 5.41 Å². The number of aromatic nitrogens is 1. The van der Waals surface area contributed by atoms with Crippen molar-refractivity contribution in [2.45, 2.75) is 36.7 Å². The molecule has 1 fully saturated rings. The smallest absolute Gasteiger partial charge is 0.194 e. The third kappa shape index (κ3) is 6.52. The second-order valence-electron chi connectivity index (χ2n) is 9.51. The van der Waals surface area contributed by atoms with Gasteiger partial charge in [-0.3, -0.25) is 4.98 Å². The number of piperidine rings is 1. The molecule has 1 aliphatic rings. The maximum absolute atomic E-state index is 13.4. The van der Waals surface area contributed by atoms with Crippen LogP contribution in [0.15, 0.2) is 41.4 Å². The summed E-state index contributed by atoms with van der Waals surface area (Å²) in [4.78, 5) is 6.94. The van der Waals surface area contributed by atoms with Gasteiger partial charge in [0.15, 0.2) is 17.5 Å². The Labute approximate surface area is 223 Å². The zero-order valence-corrected chi connectivity index (χ0v) is 22.1. The molecule has 0 aliphatic carbocycles. The molecule has 37 heavy (non-hydrogen) atoms. The Morgan fingerprint density at radius 2 is 1.86 bits per heavy atom. The zero-order chi connectivity index (χ0) is 26.6. The van der Waals surface area contributed by atoms with Crippen LogP contribution in [-0.2, 0) is 0 Å². The van der Waals surface area contributed by atoms with E-state index >= 15 is 0 Å². The van der Waals surface area contributed by atoms with Crippen molar-refractivity contribution in [3.8, 4) is 5.75 Å². The van der Waals surface area contributed by atoms with Crippen molar-refractivity contribution in [3.63, 3.8) is 0 Å². The Bertz CT molecular complexity index is 1220. The SMILES string of the molecule is COc1ccc2ncc(Cl)c(C(O)CCC3(CO)CCN(CCSc4cc(F)c(F)c(F)c4)CC3)c2c1. The highest BCUT2D eigenvalue weighted by Gasteiger charge is 2.34. The molecule has 1 atom stereocenters. The minimum Gasteiger partial charge on any atom is -0.497 e. The first-order valence-electron chi connectivity index (χ1n) is 12.2. The Morgan fingerprint density at radius 3 is 2.51 bits per heavy atom. The molecule has 0 radical (unpaired) electrons. The predicted molar refractivity (Wildman–Crippen MR) is 140 cm³/mol. The second kappa shape index (κ2) is 12.2. The lowest BCUT2D eigenvalue weighted by Gasteiger charge is -2.41. The molecule has 3 aromatic rings. The molecular formula is C27H30ClF3N2O3S. The molecule has 0 amide bonds. The summed E-state index contributed by atoms with van der Waals surface area (Å²) in [7, 11) is 1.58. The number of likely N-dealkylation sites (tertiary alicyclic amines) is 1. The molecule has 1 saturated heterocycles. The van der Waals surface area contributed by atoms with Crippen molar-refractivity contribution < 1.29 is 28.1 Å². The van der Waals surface area contributed by atoms with Gasteiger partial charge in [0, 0.05) is 40.9 Å². The van der Waals surface area contributed by atoms with E-state index in [-0.39, 0.29) is 12.0 Å². The molecule has 0 saturated carbocycles. The van der Waals surface area contributed by atoms with Crippen LogP contribution < -0.4 is 4.74 Å². The first kappa shape index (κ1) is 28.0. The standard InChI is InChI=1S/C27H30ClF3N2O3S/c1-36-17-2-3-23-19(12-17)25(20(28)15-32-23)24(35)4-5-27(16-34)6-8-33(9-7-27)10-11-37-18-13-21(29)26(31)22(30)14-18/h2-3,12-15,24,34-35H,4-11,16H2,1H3. The molecule has 0 spiro atoms. The van der Waals surface area contributed by atoms with E-state index in [1.165, 1.54) is 11.8 Å². The van der Waals surface area contributed by atoms with Gasteiger partial charge in [-0.1, -0.05) is 11.6 Å². The van der Waals surface area contributed by atoms with Gasteiger partial charge in [0.25, 0.3) is 0 Å². The fraction of sp³-hybridized carbons (Fsp3) is 0.444. The van der Waals surface area contributed by atoms with Gasteiger partial charge in [0.2, 0.25) is 0 Å². The average Bonchev–Trinajstić information content (AvgIpc) is 2.90. The third-order valence-electron chi connectivity index (χ3n) is 7.24. The number of nitrogens with zero attached hydrogens (tertiary/aromatic N) is 2. The molecule has 2 N–H and O–H groups in total. The fourth-order valence-electron chi connectivity index (χ4n) is 4.87.